The van der Waals surface area contributed by atoms with Crippen molar-refractivity contribution < 1.29 is 9.59 Å². The fraction of sp³-hybridized carbons (Fsp3) is 0.333. The monoisotopic (exact) mass is 389 g/mol. The molecule has 1 aliphatic carbocycles. The van der Waals surface area contributed by atoms with E-state index in [0.717, 1.165) is 42.7 Å². The lowest BCUT2D eigenvalue weighted by Crippen LogP contribution is -2.48. The topological polar surface area (TPSA) is 43.9 Å². The summed E-state index contributed by atoms with van der Waals surface area (Å²) >= 11 is 0. The number of benzene rings is 2. The number of anilines is 1. The van der Waals surface area contributed by atoms with Crippen LogP contribution in [-0.2, 0) is 11.3 Å². The average molecular weight is 389 g/mol. The van der Waals surface area contributed by atoms with Crippen LogP contribution in [0.1, 0.15) is 28.8 Å². The molecule has 0 radical (unpaired) electrons. The van der Waals surface area contributed by atoms with E-state index in [1.807, 2.05) is 52.3 Å². The van der Waals surface area contributed by atoms with Crippen molar-refractivity contribution in [2.75, 3.05) is 31.1 Å². The minimum absolute atomic E-state index is 0.0100. The maximum atomic E-state index is 13.1. The van der Waals surface area contributed by atoms with E-state index in [0.29, 0.717) is 25.7 Å². The van der Waals surface area contributed by atoms with E-state index in [4.69, 9.17) is 0 Å². The number of hydrogen-bond donors (Lipinski definition) is 0. The van der Waals surface area contributed by atoms with E-state index < -0.39 is 0 Å². The van der Waals surface area contributed by atoms with Gasteiger partial charge >= 0.3 is 0 Å². The lowest BCUT2D eigenvalue weighted by Gasteiger charge is -2.35. The molecule has 5 heteroatoms. The number of nitrogens with zero attached hydrogens (tertiary/aromatic N) is 3. The first-order chi connectivity index (χ1) is 14.2. The molecule has 0 spiro atoms. The van der Waals surface area contributed by atoms with Crippen molar-refractivity contribution in [3.63, 3.8) is 0 Å². The third-order valence-corrected chi connectivity index (χ3v) is 5.69. The van der Waals surface area contributed by atoms with Gasteiger partial charge in [0, 0.05) is 50.0 Å². The molecular weight excluding hydrogens is 362 g/mol. The zero-order valence-electron chi connectivity index (χ0n) is 16.7. The van der Waals surface area contributed by atoms with Crippen molar-refractivity contribution in [3.8, 4) is 0 Å². The van der Waals surface area contributed by atoms with Crippen molar-refractivity contribution in [1.82, 2.24) is 9.80 Å². The number of hydrogen-bond acceptors (Lipinski definition) is 3. The largest absolute Gasteiger partial charge is 0.368 e. The molecule has 0 bridgehead atoms. The highest BCUT2D eigenvalue weighted by Gasteiger charge is 2.33. The molecule has 4 rings (SSSR count). The van der Waals surface area contributed by atoms with Gasteiger partial charge in [-0.3, -0.25) is 9.59 Å². The molecule has 2 aliphatic rings. The first-order valence-corrected chi connectivity index (χ1v) is 10.3. The van der Waals surface area contributed by atoms with Crippen LogP contribution in [0.25, 0.3) is 0 Å². The molecule has 1 aliphatic heterocycles. The Hall–Kier alpha value is -3.08. The highest BCUT2D eigenvalue weighted by atomic mass is 16.2. The van der Waals surface area contributed by atoms with E-state index in [9.17, 15) is 9.59 Å². The van der Waals surface area contributed by atoms with Gasteiger partial charge in [-0.1, -0.05) is 36.9 Å². The molecule has 2 aromatic carbocycles. The Morgan fingerprint density at radius 2 is 1.62 bits per heavy atom. The molecule has 0 atom stereocenters. The lowest BCUT2D eigenvalue weighted by atomic mass is 10.1. The SMILES string of the molecule is C=CC(=O)N1CCN(c2ccc(C(=O)N(Cc3ccccc3)C3CC3)cc2)CC1. The van der Waals surface area contributed by atoms with E-state index in [1.54, 1.807) is 0 Å². The number of piperazine rings is 1. The standard InChI is InChI=1S/C24H27N3O2/c1-2-23(28)26-16-14-25(15-17-26)21-10-8-20(9-11-21)24(29)27(22-12-13-22)18-19-6-4-3-5-7-19/h2-11,22H,1,12-18H2. The molecule has 0 N–H and O–H groups in total. The maximum Gasteiger partial charge on any atom is 0.254 e. The predicted molar refractivity (Wildman–Crippen MR) is 115 cm³/mol. The number of carbonyl (C=O) groups is 2. The first-order valence-electron chi connectivity index (χ1n) is 10.3. The number of rotatable bonds is 6. The average Bonchev–Trinajstić information content (AvgIpc) is 3.63. The Balaban J connectivity index is 1.41. The Morgan fingerprint density at radius 3 is 2.21 bits per heavy atom. The molecule has 29 heavy (non-hydrogen) atoms. The van der Waals surface area contributed by atoms with Crippen molar-refractivity contribution in [2.45, 2.75) is 25.4 Å². The molecule has 1 heterocycles. The van der Waals surface area contributed by atoms with Crippen LogP contribution in [0.15, 0.2) is 67.3 Å². The van der Waals surface area contributed by atoms with Gasteiger partial charge in [0.25, 0.3) is 5.91 Å². The molecule has 5 nitrogen and oxygen atoms in total. The van der Waals surface area contributed by atoms with Gasteiger partial charge in [0.05, 0.1) is 0 Å². The molecule has 2 fully saturated rings. The summed E-state index contributed by atoms with van der Waals surface area (Å²) in [7, 11) is 0. The molecule has 1 saturated carbocycles. The van der Waals surface area contributed by atoms with Crippen LogP contribution in [0.2, 0.25) is 0 Å². The van der Waals surface area contributed by atoms with Gasteiger partial charge in [0.15, 0.2) is 0 Å². The van der Waals surface area contributed by atoms with Crippen LogP contribution >= 0.6 is 0 Å². The highest BCUT2D eigenvalue weighted by Crippen LogP contribution is 2.30. The van der Waals surface area contributed by atoms with E-state index in [2.05, 4.69) is 23.6 Å². The second-order valence-electron chi connectivity index (χ2n) is 7.71. The Labute approximate surface area is 172 Å². The second-order valence-corrected chi connectivity index (χ2v) is 7.71. The maximum absolute atomic E-state index is 13.1. The van der Waals surface area contributed by atoms with Crippen molar-refractivity contribution >= 4 is 17.5 Å². The van der Waals surface area contributed by atoms with Crippen LogP contribution < -0.4 is 4.90 Å². The first kappa shape index (κ1) is 19.2. The van der Waals surface area contributed by atoms with Crippen molar-refractivity contribution in [2.24, 2.45) is 0 Å². The second kappa shape index (κ2) is 8.52. The molecule has 1 saturated heterocycles. The van der Waals surface area contributed by atoms with E-state index in [-0.39, 0.29) is 11.8 Å². The lowest BCUT2D eigenvalue weighted by molar-refractivity contribution is -0.126. The van der Waals surface area contributed by atoms with Gasteiger partial charge in [0.2, 0.25) is 5.91 Å². The summed E-state index contributed by atoms with van der Waals surface area (Å²) in [6.07, 6.45) is 3.55. The van der Waals surface area contributed by atoms with Gasteiger partial charge in [-0.15, -0.1) is 0 Å². The van der Waals surface area contributed by atoms with Crippen LogP contribution in [-0.4, -0.2) is 53.8 Å². The van der Waals surface area contributed by atoms with Gasteiger partial charge in [-0.25, -0.2) is 0 Å². The summed E-state index contributed by atoms with van der Waals surface area (Å²) in [5, 5.41) is 0. The van der Waals surface area contributed by atoms with E-state index in [1.165, 1.54) is 6.08 Å². The molecule has 150 valence electrons. The zero-order chi connectivity index (χ0) is 20.2. The third kappa shape index (κ3) is 4.50. The summed E-state index contributed by atoms with van der Waals surface area (Å²) in [5.41, 5.74) is 2.99. The quantitative estimate of drug-likeness (QED) is 0.712. The Kier molecular flexibility index (Phi) is 5.65. The van der Waals surface area contributed by atoms with Crippen LogP contribution in [0.3, 0.4) is 0 Å². The summed E-state index contributed by atoms with van der Waals surface area (Å²) in [6, 6.07) is 18.4. The predicted octanol–water partition coefficient (Wildman–Crippen LogP) is 3.33. The normalized spacial score (nSPS) is 16.4. The highest BCUT2D eigenvalue weighted by molar-refractivity contribution is 5.95. The molecule has 2 amide bonds. The molecule has 0 unspecified atom stereocenters. The molecule has 2 aromatic rings. The Morgan fingerprint density at radius 1 is 0.966 bits per heavy atom. The zero-order valence-corrected chi connectivity index (χ0v) is 16.7. The summed E-state index contributed by atoms with van der Waals surface area (Å²) in [6.45, 7) is 7.17. The molecule has 0 aromatic heterocycles. The summed E-state index contributed by atoms with van der Waals surface area (Å²) in [5.74, 6) is 0.0912. The van der Waals surface area contributed by atoms with Crippen LogP contribution in [0.4, 0.5) is 5.69 Å². The van der Waals surface area contributed by atoms with Gasteiger partial charge in [-0.2, -0.15) is 0 Å². The number of carbonyl (C=O) groups excluding carboxylic acids is 2. The van der Waals surface area contributed by atoms with Gasteiger partial charge < -0.3 is 14.7 Å². The smallest absolute Gasteiger partial charge is 0.254 e. The summed E-state index contributed by atoms with van der Waals surface area (Å²) in [4.78, 5) is 30.9. The van der Waals surface area contributed by atoms with Crippen LogP contribution in [0, 0.1) is 0 Å². The minimum atomic E-state index is -0.0100. The Bertz CT molecular complexity index is 867. The fourth-order valence-electron chi connectivity index (χ4n) is 3.83. The van der Waals surface area contributed by atoms with Crippen molar-refractivity contribution in [1.29, 1.82) is 0 Å². The summed E-state index contributed by atoms with van der Waals surface area (Å²) < 4.78 is 0. The van der Waals surface area contributed by atoms with E-state index >= 15 is 0 Å². The van der Waals surface area contributed by atoms with Crippen molar-refractivity contribution in [3.05, 3.63) is 78.4 Å². The van der Waals surface area contributed by atoms with Gasteiger partial charge in [0.1, 0.15) is 0 Å². The van der Waals surface area contributed by atoms with Gasteiger partial charge in [-0.05, 0) is 48.7 Å². The number of amides is 2. The van der Waals surface area contributed by atoms with Crippen LogP contribution in [0.5, 0.6) is 0 Å². The third-order valence-electron chi connectivity index (χ3n) is 5.69. The fourth-order valence-corrected chi connectivity index (χ4v) is 3.83. The molecular formula is C24H27N3O2. The minimum Gasteiger partial charge on any atom is -0.368 e.